The van der Waals surface area contributed by atoms with Gasteiger partial charge in [-0.05, 0) is 42.8 Å². The molecule has 0 N–H and O–H groups in total. The fourth-order valence-corrected chi connectivity index (χ4v) is 5.88. The van der Waals surface area contributed by atoms with Gasteiger partial charge in [-0.25, -0.2) is 4.98 Å². The average Bonchev–Trinajstić information content (AvgIpc) is 3.14. The Bertz CT molecular complexity index is 1480. The molecule has 0 radical (unpaired) electrons. The summed E-state index contributed by atoms with van der Waals surface area (Å²) in [5.41, 5.74) is 2.73. The van der Waals surface area contributed by atoms with E-state index in [4.69, 9.17) is 28.8 Å². The van der Waals surface area contributed by atoms with Crippen LogP contribution in [0.2, 0.25) is 5.02 Å². The summed E-state index contributed by atoms with van der Waals surface area (Å²) in [5, 5.41) is 0.700. The molecule has 4 heterocycles. The second-order valence-corrected chi connectivity index (χ2v) is 10.7. The zero-order chi connectivity index (χ0) is 25.4. The highest BCUT2D eigenvalue weighted by molar-refractivity contribution is 8.26. The molecule has 184 valence electrons. The Morgan fingerprint density at radius 3 is 2.61 bits per heavy atom. The van der Waals surface area contributed by atoms with E-state index in [2.05, 4.69) is 16.4 Å². The van der Waals surface area contributed by atoms with Gasteiger partial charge in [-0.15, -0.1) is 6.58 Å². The summed E-state index contributed by atoms with van der Waals surface area (Å²) >= 11 is 12.8. The third kappa shape index (κ3) is 4.54. The topological polar surface area (TPSA) is 61.2 Å². The molecule has 0 bridgehead atoms. The number of benzene rings is 1. The minimum absolute atomic E-state index is 0.218. The molecule has 2 aliphatic rings. The molecule has 0 unspecified atom stereocenters. The molecule has 2 aromatic heterocycles. The van der Waals surface area contributed by atoms with Gasteiger partial charge in [-0.2, -0.15) is 0 Å². The van der Waals surface area contributed by atoms with Crippen molar-refractivity contribution in [1.82, 2.24) is 14.3 Å². The van der Waals surface area contributed by atoms with Crippen LogP contribution in [0.25, 0.3) is 11.7 Å². The Morgan fingerprint density at radius 1 is 1.14 bits per heavy atom. The van der Waals surface area contributed by atoms with Crippen molar-refractivity contribution < 1.29 is 4.79 Å². The first-order chi connectivity index (χ1) is 17.4. The fourth-order valence-electron chi connectivity index (χ4n) is 4.43. The van der Waals surface area contributed by atoms with E-state index in [9.17, 15) is 9.59 Å². The highest BCUT2D eigenvalue weighted by Crippen LogP contribution is 2.34. The lowest BCUT2D eigenvalue weighted by atomic mass is 10.2. The summed E-state index contributed by atoms with van der Waals surface area (Å²) in [7, 11) is 0. The number of carbonyl (C=O) groups is 1. The maximum atomic E-state index is 13.7. The molecular formula is C26H24ClN5O2S2. The molecule has 1 amide bonds. The molecule has 0 saturated carbocycles. The number of piperazine rings is 1. The van der Waals surface area contributed by atoms with Crippen LogP contribution in [0.1, 0.15) is 11.1 Å². The first kappa shape index (κ1) is 24.5. The number of amides is 1. The molecule has 0 spiro atoms. The summed E-state index contributed by atoms with van der Waals surface area (Å²) in [4.78, 5) is 37.9. The largest absolute Gasteiger partial charge is 0.368 e. The number of hydrogen-bond acceptors (Lipinski definition) is 7. The van der Waals surface area contributed by atoms with E-state index in [0.29, 0.717) is 50.9 Å². The summed E-state index contributed by atoms with van der Waals surface area (Å²) in [6.07, 6.45) is 4.98. The van der Waals surface area contributed by atoms with Crippen molar-refractivity contribution in [2.75, 3.05) is 42.5 Å². The first-order valence-corrected chi connectivity index (χ1v) is 13.1. The molecule has 5 rings (SSSR count). The molecule has 2 aliphatic heterocycles. The van der Waals surface area contributed by atoms with Crippen LogP contribution in [0, 0.1) is 6.92 Å². The van der Waals surface area contributed by atoms with E-state index in [-0.39, 0.29) is 11.5 Å². The predicted octanol–water partition coefficient (Wildman–Crippen LogP) is 4.37. The lowest BCUT2D eigenvalue weighted by molar-refractivity contribution is -0.121. The van der Waals surface area contributed by atoms with E-state index < -0.39 is 0 Å². The number of fused-ring (bicyclic) bond motifs is 1. The van der Waals surface area contributed by atoms with Gasteiger partial charge >= 0.3 is 0 Å². The van der Waals surface area contributed by atoms with Gasteiger partial charge in [0.1, 0.15) is 15.8 Å². The van der Waals surface area contributed by atoms with Crippen molar-refractivity contribution in [3.63, 3.8) is 0 Å². The van der Waals surface area contributed by atoms with E-state index in [1.807, 2.05) is 43.3 Å². The van der Waals surface area contributed by atoms with Gasteiger partial charge in [0, 0.05) is 49.6 Å². The van der Waals surface area contributed by atoms with Crippen LogP contribution in [0.4, 0.5) is 11.5 Å². The van der Waals surface area contributed by atoms with Gasteiger partial charge in [-0.1, -0.05) is 53.8 Å². The molecule has 1 aromatic carbocycles. The fraction of sp³-hybridized carbons (Fsp3) is 0.231. The van der Waals surface area contributed by atoms with Crippen LogP contribution >= 0.6 is 35.6 Å². The molecule has 3 aromatic rings. The standard InChI is InChI=1S/C26H24ClN5O2S2/c1-3-9-32-25(34)21(36-26(32)35)16-20-23(28-22-17(2)6-5-10-31(22)24(20)33)30-13-11-29(12-14-30)19-8-4-7-18(27)15-19/h3-8,10,15-16H,1,9,11-14H2,2H3. The third-order valence-corrected chi connectivity index (χ3v) is 7.89. The van der Waals surface area contributed by atoms with Crippen molar-refractivity contribution in [1.29, 1.82) is 0 Å². The van der Waals surface area contributed by atoms with Crippen molar-refractivity contribution in [2.45, 2.75) is 6.92 Å². The van der Waals surface area contributed by atoms with Gasteiger partial charge in [0.15, 0.2) is 0 Å². The number of nitrogens with zero attached hydrogens (tertiary/aromatic N) is 5. The number of thiocarbonyl (C=S) groups is 1. The Balaban J connectivity index is 1.55. The summed E-state index contributed by atoms with van der Waals surface area (Å²) in [5.74, 6) is 0.351. The van der Waals surface area contributed by atoms with Gasteiger partial charge in [0.05, 0.1) is 10.5 Å². The predicted molar refractivity (Wildman–Crippen MR) is 152 cm³/mol. The summed E-state index contributed by atoms with van der Waals surface area (Å²) < 4.78 is 1.99. The monoisotopic (exact) mass is 537 g/mol. The first-order valence-electron chi connectivity index (χ1n) is 11.5. The number of carbonyl (C=O) groups excluding carboxylic acids is 1. The summed E-state index contributed by atoms with van der Waals surface area (Å²) in [6.45, 7) is 8.79. The normalized spacial score (nSPS) is 17.5. The molecule has 36 heavy (non-hydrogen) atoms. The summed E-state index contributed by atoms with van der Waals surface area (Å²) in [6, 6.07) is 11.6. The van der Waals surface area contributed by atoms with Gasteiger partial charge < -0.3 is 9.80 Å². The van der Waals surface area contributed by atoms with Crippen LogP contribution in [0.3, 0.4) is 0 Å². The number of aryl methyl sites for hydroxylation is 1. The number of pyridine rings is 1. The minimum atomic E-state index is -0.227. The van der Waals surface area contributed by atoms with Crippen LogP contribution < -0.4 is 15.4 Å². The highest BCUT2D eigenvalue weighted by atomic mass is 35.5. The smallest absolute Gasteiger partial charge is 0.267 e. The van der Waals surface area contributed by atoms with Gasteiger partial charge in [-0.3, -0.25) is 18.9 Å². The van der Waals surface area contributed by atoms with Crippen molar-refractivity contribution in [2.24, 2.45) is 0 Å². The molecule has 10 heteroatoms. The number of rotatable bonds is 5. The maximum Gasteiger partial charge on any atom is 0.267 e. The molecular weight excluding hydrogens is 514 g/mol. The zero-order valence-corrected chi connectivity index (χ0v) is 22.1. The van der Waals surface area contributed by atoms with Crippen LogP contribution in [-0.4, -0.2) is 57.2 Å². The van der Waals surface area contributed by atoms with Crippen molar-refractivity contribution in [3.05, 3.63) is 86.7 Å². The average molecular weight is 538 g/mol. The zero-order valence-electron chi connectivity index (χ0n) is 19.7. The Hall–Kier alpha value is -3.14. The van der Waals surface area contributed by atoms with Gasteiger partial charge in [0.2, 0.25) is 0 Å². The third-order valence-electron chi connectivity index (χ3n) is 6.28. The molecule has 2 fully saturated rings. The molecule has 0 atom stereocenters. The Labute approximate surface area is 223 Å². The quantitative estimate of drug-likeness (QED) is 0.272. The van der Waals surface area contributed by atoms with Crippen LogP contribution in [0.5, 0.6) is 0 Å². The number of aromatic nitrogens is 2. The number of thioether (sulfide) groups is 1. The van der Waals surface area contributed by atoms with E-state index in [1.165, 1.54) is 21.1 Å². The number of hydrogen-bond donors (Lipinski definition) is 0. The maximum absolute atomic E-state index is 13.7. The second-order valence-electron chi connectivity index (χ2n) is 8.57. The molecule has 7 nitrogen and oxygen atoms in total. The van der Waals surface area contributed by atoms with Crippen LogP contribution in [0.15, 0.2) is 64.9 Å². The highest BCUT2D eigenvalue weighted by Gasteiger charge is 2.32. The Morgan fingerprint density at radius 2 is 1.89 bits per heavy atom. The van der Waals surface area contributed by atoms with Crippen molar-refractivity contribution >= 4 is 69.0 Å². The lowest BCUT2D eigenvalue weighted by Gasteiger charge is -2.37. The van der Waals surface area contributed by atoms with Gasteiger partial charge in [0.25, 0.3) is 11.5 Å². The van der Waals surface area contributed by atoms with Crippen molar-refractivity contribution in [3.8, 4) is 0 Å². The second kappa shape index (κ2) is 10.1. The van der Waals surface area contributed by atoms with E-state index in [1.54, 1.807) is 18.3 Å². The van der Waals surface area contributed by atoms with Crippen LogP contribution in [-0.2, 0) is 4.79 Å². The van der Waals surface area contributed by atoms with E-state index >= 15 is 0 Å². The molecule has 0 aliphatic carbocycles. The SMILES string of the molecule is C=CCN1C(=O)C(=Cc2c(N3CCN(c4cccc(Cl)c4)CC3)nc3c(C)cccn3c2=O)SC1=S. The molecule has 2 saturated heterocycles. The number of halogens is 1. The number of anilines is 2. The van der Waals surface area contributed by atoms with E-state index in [0.717, 1.165) is 24.3 Å². The minimum Gasteiger partial charge on any atom is -0.368 e. The lowest BCUT2D eigenvalue weighted by Crippen LogP contribution is -2.47. The Kier molecular flexibility index (Phi) is 6.87.